The maximum Gasteiger partial charge on any atom is 0.320 e. The Labute approximate surface area is 234 Å². The van der Waals surface area contributed by atoms with Crippen LogP contribution in [0.1, 0.15) is 22.0 Å². The third kappa shape index (κ3) is 3.55. The number of amides is 1. The Balaban J connectivity index is 2.17. The van der Waals surface area contributed by atoms with E-state index in [-0.39, 0.29) is 17.7 Å². The number of carbonyl (C=O) groups excluding carboxylic acids is 6. The van der Waals surface area contributed by atoms with Gasteiger partial charge in [-0.1, -0.05) is 12.1 Å². The first-order valence-corrected chi connectivity index (χ1v) is 12.5. The number of phenols is 1. The van der Waals surface area contributed by atoms with Gasteiger partial charge in [0.1, 0.15) is 23.3 Å². The monoisotopic (exact) mass is 569 g/mol. The molecule has 15 nitrogen and oxygen atoms in total. The van der Waals surface area contributed by atoms with Gasteiger partial charge in [0.15, 0.2) is 34.5 Å². The van der Waals surface area contributed by atoms with Gasteiger partial charge in [-0.3, -0.25) is 38.6 Å². The maximum atomic E-state index is 14.5. The van der Waals surface area contributed by atoms with Crippen molar-refractivity contribution in [2.45, 2.75) is 29.3 Å². The van der Waals surface area contributed by atoms with Gasteiger partial charge in [0.2, 0.25) is 5.91 Å². The summed E-state index contributed by atoms with van der Waals surface area (Å²) in [5, 5.41) is 21.2. The Kier molecular flexibility index (Phi) is 6.93. The predicted molar refractivity (Wildman–Crippen MR) is 138 cm³/mol. The van der Waals surface area contributed by atoms with Gasteiger partial charge < -0.3 is 32.8 Å². The number of benzene rings is 1. The Morgan fingerprint density at radius 2 is 1.71 bits per heavy atom. The summed E-state index contributed by atoms with van der Waals surface area (Å²) in [6.45, 7) is -0.375. The van der Waals surface area contributed by atoms with E-state index < -0.39 is 87.3 Å². The fourth-order valence-corrected chi connectivity index (χ4v) is 6.81. The number of ether oxygens (including phenoxy) is 1. The van der Waals surface area contributed by atoms with Crippen molar-refractivity contribution in [2.24, 2.45) is 40.2 Å². The molecule has 15 heteroatoms. The van der Waals surface area contributed by atoms with E-state index in [2.05, 4.69) is 0 Å². The molecule has 218 valence electrons. The van der Waals surface area contributed by atoms with Crippen LogP contribution in [-0.2, 0) is 28.7 Å². The van der Waals surface area contributed by atoms with Gasteiger partial charge in [-0.15, -0.1) is 0 Å². The van der Waals surface area contributed by atoms with E-state index in [4.69, 9.17) is 27.7 Å². The summed E-state index contributed by atoms with van der Waals surface area (Å²) in [5.74, 6) is -12.7. The molecule has 1 amide bonds. The predicted octanol–water partition coefficient (Wildman–Crippen LogP) is -3.65. The number of phenolic OH excluding ortho intramolecular Hbond substituents is 1. The van der Waals surface area contributed by atoms with Crippen LogP contribution in [0, 0.1) is 28.6 Å². The summed E-state index contributed by atoms with van der Waals surface area (Å²) in [6, 6.07) is 2.12. The fraction of sp³-hybridized carbons (Fsp3) is 0.500. The van der Waals surface area contributed by atoms with Crippen LogP contribution >= 0.6 is 0 Å². The van der Waals surface area contributed by atoms with Gasteiger partial charge in [-0.25, -0.2) is 0 Å². The normalized spacial score (nSPS) is 36.3. The van der Waals surface area contributed by atoms with E-state index in [0.717, 1.165) is 11.0 Å². The lowest BCUT2D eigenvalue weighted by atomic mass is 9.41. The zero-order valence-electron chi connectivity index (χ0n) is 22.8. The molecule has 0 aromatic heterocycles. The zero-order chi connectivity index (χ0) is 31.0. The molecule has 0 saturated heterocycles. The number of nitrogens with zero attached hydrogens (tertiary/aromatic N) is 3. The van der Waals surface area contributed by atoms with E-state index >= 15 is 0 Å². The number of aromatic hydroxyl groups is 1. The standard InChI is InChI=1S/C26H31N7O8/c1-32(2)8-12(35)41-23-25(30)15(16(36)13-10(18(25)28)6-5-7-11(13)34)21(39)24(9-27)20(38)14(22(29)40)17(37)19(33(3)4)26(23,24)31/h5-7,14-15,18-19,23,34H,8,28,30-31H2,1-4H3,(H2,29,40)/t14?,15?,18-,19+,23-,24-,25+,26-/m0/s1. The lowest BCUT2D eigenvalue weighted by molar-refractivity contribution is -0.195. The van der Waals surface area contributed by atoms with Gasteiger partial charge in [-0.05, 0) is 39.8 Å². The highest BCUT2D eigenvalue weighted by Crippen LogP contribution is 2.59. The highest BCUT2D eigenvalue weighted by atomic mass is 16.5. The Bertz CT molecular complexity index is 1450. The molecule has 3 aliphatic rings. The number of rotatable bonds is 5. The minimum Gasteiger partial charge on any atom is -0.507 e. The number of ketones is 4. The average molecular weight is 570 g/mol. The van der Waals surface area contributed by atoms with Gasteiger partial charge >= 0.3 is 5.97 Å². The van der Waals surface area contributed by atoms with Crippen LogP contribution in [0.3, 0.4) is 0 Å². The summed E-state index contributed by atoms with van der Waals surface area (Å²) < 4.78 is 5.78. The van der Waals surface area contributed by atoms with Crippen molar-refractivity contribution in [1.29, 1.82) is 5.26 Å². The van der Waals surface area contributed by atoms with Crippen LogP contribution in [0.25, 0.3) is 0 Å². The number of nitriles is 1. The maximum absolute atomic E-state index is 14.5. The molecule has 2 unspecified atom stereocenters. The molecule has 0 bridgehead atoms. The molecule has 1 aromatic carbocycles. The number of nitrogens with two attached hydrogens (primary N) is 4. The molecule has 1 aromatic rings. The second-order valence-electron chi connectivity index (χ2n) is 11.3. The molecule has 8 atom stereocenters. The zero-order valence-corrected chi connectivity index (χ0v) is 22.8. The number of carbonyl (C=O) groups is 6. The van der Waals surface area contributed by atoms with Crippen molar-refractivity contribution in [2.75, 3.05) is 34.7 Å². The first-order chi connectivity index (χ1) is 19.0. The highest BCUT2D eigenvalue weighted by Gasteiger charge is 2.84. The minimum absolute atomic E-state index is 0.0202. The van der Waals surface area contributed by atoms with E-state index in [1.165, 1.54) is 45.2 Å². The fourth-order valence-electron chi connectivity index (χ4n) is 6.81. The number of primary amides is 1. The van der Waals surface area contributed by atoms with E-state index in [1.54, 1.807) is 6.07 Å². The van der Waals surface area contributed by atoms with Crippen LogP contribution in [-0.4, -0.2) is 108 Å². The summed E-state index contributed by atoms with van der Waals surface area (Å²) in [4.78, 5) is 84.3. The SMILES string of the molecule is CN(C)CC(=O)O[C@H]1[C@@]2(N)C(C(=O)c3c(O)cccc3[C@@H]2N)C(=O)[C@]2(C#N)C(=O)C(C(N)=O)C(=O)[C@@H](N(C)C)[C@]12N. The van der Waals surface area contributed by atoms with Gasteiger partial charge in [0, 0.05) is 0 Å². The van der Waals surface area contributed by atoms with E-state index in [9.17, 15) is 39.1 Å². The third-order valence-electron chi connectivity index (χ3n) is 8.43. The van der Waals surface area contributed by atoms with Crippen molar-refractivity contribution < 1.29 is 38.6 Å². The van der Waals surface area contributed by atoms with Crippen LogP contribution in [0.2, 0.25) is 0 Å². The van der Waals surface area contributed by atoms with Crippen molar-refractivity contribution in [3.8, 4) is 11.8 Å². The molecule has 4 rings (SSSR count). The van der Waals surface area contributed by atoms with E-state index in [1.807, 2.05) is 0 Å². The lowest BCUT2D eigenvalue weighted by Gasteiger charge is -2.64. The molecule has 0 spiro atoms. The van der Waals surface area contributed by atoms with Gasteiger partial charge in [0.05, 0.1) is 35.8 Å². The van der Waals surface area contributed by atoms with Crippen LogP contribution < -0.4 is 22.9 Å². The molecule has 3 aliphatic carbocycles. The molecule has 41 heavy (non-hydrogen) atoms. The van der Waals surface area contributed by atoms with Crippen molar-refractivity contribution in [3.05, 3.63) is 29.3 Å². The number of hydrogen-bond donors (Lipinski definition) is 5. The number of hydrogen-bond acceptors (Lipinski definition) is 14. The van der Waals surface area contributed by atoms with Crippen LogP contribution in [0.5, 0.6) is 5.75 Å². The summed E-state index contributed by atoms with van der Waals surface area (Å²) >= 11 is 0. The molecule has 9 N–H and O–H groups in total. The molecule has 0 aliphatic heterocycles. The number of Topliss-reactive ketones (excluding diaryl/α,β-unsaturated/α-hetero) is 4. The van der Waals surface area contributed by atoms with Crippen molar-refractivity contribution >= 4 is 35.0 Å². The number of esters is 1. The molecule has 0 radical (unpaired) electrons. The second-order valence-corrected chi connectivity index (χ2v) is 11.3. The first kappa shape index (κ1) is 29.9. The van der Waals surface area contributed by atoms with Gasteiger partial charge in [0.25, 0.3) is 0 Å². The van der Waals surface area contributed by atoms with Crippen LogP contribution in [0.4, 0.5) is 0 Å². The Hall–Kier alpha value is -4.07. The Morgan fingerprint density at radius 3 is 2.22 bits per heavy atom. The Morgan fingerprint density at radius 1 is 1.10 bits per heavy atom. The largest absolute Gasteiger partial charge is 0.507 e. The molecule has 2 saturated carbocycles. The first-order valence-electron chi connectivity index (χ1n) is 12.5. The van der Waals surface area contributed by atoms with Crippen molar-refractivity contribution in [3.63, 3.8) is 0 Å². The minimum atomic E-state index is -3.14. The average Bonchev–Trinajstić information content (AvgIpc) is 2.84. The number of fused-ring (bicyclic) bond motifs is 3. The quantitative estimate of drug-likeness (QED) is 0.169. The van der Waals surface area contributed by atoms with Crippen molar-refractivity contribution in [1.82, 2.24) is 9.80 Å². The van der Waals surface area contributed by atoms with Gasteiger partial charge in [-0.2, -0.15) is 5.26 Å². The second kappa shape index (κ2) is 9.50. The summed E-state index contributed by atoms with van der Waals surface area (Å²) in [6.07, 6.45) is -2.10. The third-order valence-corrected chi connectivity index (χ3v) is 8.43. The van der Waals surface area contributed by atoms with Crippen LogP contribution in [0.15, 0.2) is 18.2 Å². The lowest BCUT2D eigenvalue weighted by Crippen LogP contribution is -2.92. The molecular formula is C26H31N7O8. The molecule has 0 heterocycles. The summed E-state index contributed by atoms with van der Waals surface area (Å²) in [5.41, 5.74) is 17.0. The number of likely N-dealkylation sites (N-methyl/N-ethyl adjacent to an activating group) is 2. The topological polar surface area (TPSA) is 266 Å². The molecular weight excluding hydrogens is 538 g/mol. The smallest absolute Gasteiger partial charge is 0.320 e. The summed E-state index contributed by atoms with van der Waals surface area (Å²) in [7, 11) is 5.72. The molecule has 2 fully saturated rings. The highest BCUT2D eigenvalue weighted by molar-refractivity contribution is 6.33. The van der Waals surface area contributed by atoms with E-state index in [0.29, 0.717) is 0 Å².